The van der Waals surface area contributed by atoms with Crippen molar-refractivity contribution in [3.63, 3.8) is 0 Å². The summed E-state index contributed by atoms with van der Waals surface area (Å²) < 4.78 is 0. The molecule has 0 amide bonds. The summed E-state index contributed by atoms with van der Waals surface area (Å²) in [5, 5.41) is 10.7. The van der Waals surface area contributed by atoms with Crippen molar-refractivity contribution >= 4 is 34.1 Å². The Bertz CT molecular complexity index is 848. The third-order valence-corrected chi connectivity index (χ3v) is 6.70. The van der Waals surface area contributed by atoms with Crippen LogP contribution in [0.2, 0.25) is 0 Å². The number of benzene rings is 3. The molecule has 3 N–H and O–H groups in total. The Hall–Kier alpha value is -3.14. The molecule has 4 nitrogen and oxygen atoms in total. The zero-order chi connectivity index (χ0) is 26.1. The fourth-order valence-corrected chi connectivity index (χ4v) is 4.46. The lowest BCUT2D eigenvalue weighted by atomic mass is 10.1. The van der Waals surface area contributed by atoms with Gasteiger partial charge in [0.2, 0.25) is 0 Å². The molecule has 3 aromatic rings. The molecule has 200 valence electrons. The van der Waals surface area contributed by atoms with Crippen LogP contribution in [0, 0.1) is 0 Å². The smallest absolute Gasteiger partial charge is 0.0463 e. The second-order valence-electron chi connectivity index (χ2n) is 9.88. The molecule has 0 spiro atoms. The topological polar surface area (TPSA) is 39.3 Å². The number of hydrogen-bond acceptors (Lipinski definition) is 4. The number of hydrogen-bond donors (Lipinski definition) is 3. The number of nitrogens with zero attached hydrogens (tertiary/aromatic N) is 1. The second-order valence-corrected chi connectivity index (χ2v) is 9.88. The first-order chi connectivity index (χ1) is 18.2. The average Bonchev–Trinajstić information content (AvgIpc) is 2.94. The summed E-state index contributed by atoms with van der Waals surface area (Å²) in [5.41, 5.74) is 7.01. The van der Waals surface area contributed by atoms with Crippen LogP contribution in [0.1, 0.15) is 78.6 Å². The summed E-state index contributed by atoms with van der Waals surface area (Å²) in [6, 6.07) is 26.5. The average molecular weight is 501 g/mol. The van der Waals surface area contributed by atoms with Crippen molar-refractivity contribution in [3.05, 3.63) is 72.8 Å². The lowest BCUT2D eigenvalue weighted by Gasteiger charge is -2.26. The maximum Gasteiger partial charge on any atom is 0.0463 e. The van der Waals surface area contributed by atoms with E-state index in [-0.39, 0.29) is 0 Å². The Labute approximate surface area is 225 Å². The Balaban J connectivity index is 1.77. The summed E-state index contributed by atoms with van der Waals surface area (Å²) >= 11 is 0. The van der Waals surface area contributed by atoms with E-state index in [1.165, 1.54) is 74.8 Å². The van der Waals surface area contributed by atoms with Crippen LogP contribution >= 0.6 is 0 Å². The minimum atomic E-state index is 1.02. The van der Waals surface area contributed by atoms with E-state index >= 15 is 0 Å². The van der Waals surface area contributed by atoms with Crippen molar-refractivity contribution < 1.29 is 0 Å². The van der Waals surface area contributed by atoms with Crippen LogP contribution in [0.4, 0.5) is 34.1 Å². The molecule has 0 saturated heterocycles. The van der Waals surface area contributed by atoms with Crippen LogP contribution in [0.25, 0.3) is 0 Å². The highest BCUT2D eigenvalue weighted by Gasteiger charge is 2.13. The first-order valence-electron chi connectivity index (χ1n) is 14.6. The lowest BCUT2D eigenvalue weighted by Crippen LogP contribution is -2.11. The Morgan fingerprint density at radius 3 is 0.919 bits per heavy atom. The van der Waals surface area contributed by atoms with Gasteiger partial charge in [-0.3, -0.25) is 0 Å². The molecular weight excluding hydrogens is 452 g/mol. The summed E-state index contributed by atoms with van der Waals surface area (Å²) in [7, 11) is 0. The number of nitrogens with one attached hydrogen (secondary N) is 3. The molecule has 0 aliphatic carbocycles. The molecule has 0 saturated carbocycles. The van der Waals surface area contributed by atoms with E-state index in [0.29, 0.717) is 0 Å². The van der Waals surface area contributed by atoms with Gasteiger partial charge < -0.3 is 20.9 Å². The van der Waals surface area contributed by atoms with Crippen molar-refractivity contribution in [1.82, 2.24) is 0 Å². The number of anilines is 6. The summed E-state index contributed by atoms with van der Waals surface area (Å²) in [6.45, 7) is 9.80. The van der Waals surface area contributed by atoms with Gasteiger partial charge in [-0.15, -0.1) is 0 Å². The van der Waals surface area contributed by atoms with Gasteiger partial charge >= 0.3 is 0 Å². The minimum Gasteiger partial charge on any atom is -0.385 e. The third-order valence-electron chi connectivity index (χ3n) is 6.70. The Morgan fingerprint density at radius 2 is 0.676 bits per heavy atom. The first kappa shape index (κ1) is 28.4. The lowest BCUT2D eigenvalue weighted by molar-refractivity contribution is 0.744. The van der Waals surface area contributed by atoms with Crippen LogP contribution in [-0.2, 0) is 0 Å². The molecule has 0 aliphatic rings. The summed E-state index contributed by atoms with van der Waals surface area (Å²) in [5.74, 6) is 0. The van der Waals surface area contributed by atoms with E-state index < -0.39 is 0 Å². The van der Waals surface area contributed by atoms with Crippen LogP contribution in [-0.4, -0.2) is 19.6 Å². The standard InChI is InChI=1S/C33H48N4/c1-4-7-10-25-34-28-13-19-31(20-14-28)37(32-21-15-29(16-22-32)35-26-11-8-5-2)33-23-17-30(18-24-33)36-27-12-9-6-3/h13-24,34-36H,4-12,25-27H2,1-3H3. The SMILES string of the molecule is CCCCCNc1ccc(N(c2ccc(NCCCCC)cc2)c2ccc(NCCCCC)cc2)cc1. The molecule has 0 aliphatic heterocycles. The molecule has 0 bridgehead atoms. The van der Waals surface area contributed by atoms with Crippen molar-refractivity contribution in [2.45, 2.75) is 78.6 Å². The number of rotatable bonds is 18. The first-order valence-corrected chi connectivity index (χ1v) is 14.6. The van der Waals surface area contributed by atoms with Crippen LogP contribution in [0.5, 0.6) is 0 Å². The van der Waals surface area contributed by atoms with Crippen molar-refractivity contribution in [3.8, 4) is 0 Å². The van der Waals surface area contributed by atoms with Gasteiger partial charge in [-0.2, -0.15) is 0 Å². The summed E-state index contributed by atoms with van der Waals surface area (Å²) in [6.07, 6.45) is 11.2. The van der Waals surface area contributed by atoms with E-state index in [1.807, 2.05) is 0 Å². The molecular formula is C33H48N4. The molecule has 37 heavy (non-hydrogen) atoms. The maximum atomic E-state index is 3.56. The fraction of sp³-hybridized carbons (Fsp3) is 0.455. The van der Waals surface area contributed by atoms with Gasteiger partial charge in [0.05, 0.1) is 0 Å². The van der Waals surface area contributed by atoms with Crippen LogP contribution < -0.4 is 20.9 Å². The molecule has 3 rings (SSSR count). The zero-order valence-corrected chi connectivity index (χ0v) is 23.4. The molecule has 0 radical (unpaired) electrons. The molecule has 0 unspecified atom stereocenters. The molecule has 0 heterocycles. The predicted octanol–water partition coefficient (Wildman–Crippen LogP) is 9.96. The summed E-state index contributed by atoms with van der Waals surface area (Å²) in [4.78, 5) is 2.34. The maximum absolute atomic E-state index is 3.56. The zero-order valence-electron chi connectivity index (χ0n) is 23.4. The quantitative estimate of drug-likeness (QED) is 0.152. The van der Waals surface area contributed by atoms with Gasteiger partial charge in [0.1, 0.15) is 0 Å². The Kier molecular flexibility index (Phi) is 12.7. The van der Waals surface area contributed by atoms with Crippen LogP contribution in [0.15, 0.2) is 72.8 Å². The van der Waals surface area contributed by atoms with E-state index in [0.717, 1.165) is 36.7 Å². The highest BCUT2D eigenvalue weighted by atomic mass is 15.1. The molecule has 0 atom stereocenters. The monoisotopic (exact) mass is 500 g/mol. The Morgan fingerprint density at radius 1 is 0.405 bits per heavy atom. The molecule has 3 aromatic carbocycles. The minimum absolute atomic E-state index is 1.02. The molecule has 4 heteroatoms. The van der Waals surface area contributed by atoms with Gasteiger partial charge in [0.25, 0.3) is 0 Å². The van der Waals surface area contributed by atoms with Gasteiger partial charge in [-0.25, -0.2) is 0 Å². The second kappa shape index (κ2) is 16.6. The van der Waals surface area contributed by atoms with Gasteiger partial charge in [0.15, 0.2) is 0 Å². The van der Waals surface area contributed by atoms with Gasteiger partial charge in [0, 0.05) is 53.8 Å². The van der Waals surface area contributed by atoms with Crippen molar-refractivity contribution in [2.24, 2.45) is 0 Å². The van der Waals surface area contributed by atoms with Gasteiger partial charge in [-0.1, -0.05) is 59.3 Å². The van der Waals surface area contributed by atoms with Gasteiger partial charge in [-0.05, 0) is 92.1 Å². The van der Waals surface area contributed by atoms with Crippen molar-refractivity contribution in [2.75, 3.05) is 40.5 Å². The largest absolute Gasteiger partial charge is 0.385 e. The van der Waals surface area contributed by atoms with E-state index in [1.54, 1.807) is 0 Å². The molecule has 0 aromatic heterocycles. The van der Waals surface area contributed by atoms with E-state index in [9.17, 15) is 0 Å². The normalized spacial score (nSPS) is 10.8. The molecule has 0 fully saturated rings. The predicted molar refractivity (Wildman–Crippen MR) is 165 cm³/mol. The van der Waals surface area contributed by atoms with Crippen LogP contribution in [0.3, 0.4) is 0 Å². The highest BCUT2D eigenvalue weighted by molar-refractivity contribution is 5.78. The van der Waals surface area contributed by atoms with E-state index in [4.69, 9.17) is 0 Å². The van der Waals surface area contributed by atoms with E-state index in [2.05, 4.69) is 114 Å². The fourth-order valence-electron chi connectivity index (χ4n) is 4.46. The number of unbranched alkanes of at least 4 members (excludes halogenated alkanes) is 6. The third kappa shape index (κ3) is 9.68. The van der Waals surface area contributed by atoms with Crippen molar-refractivity contribution in [1.29, 1.82) is 0 Å². The highest BCUT2D eigenvalue weighted by Crippen LogP contribution is 2.36.